The molecule has 24 heavy (non-hydrogen) atoms. The minimum Gasteiger partial charge on any atom is -0.356 e. The van der Waals surface area contributed by atoms with E-state index in [1.807, 2.05) is 19.1 Å². The second kappa shape index (κ2) is 6.50. The highest BCUT2D eigenvalue weighted by Gasteiger charge is 2.50. The lowest BCUT2D eigenvalue weighted by Gasteiger charge is -2.15. The Labute approximate surface area is 153 Å². The molecule has 0 unspecified atom stereocenters. The number of rotatable bonds is 6. The van der Waals surface area contributed by atoms with Crippen LogP contribution in [0.4, 0.5) is 5.69 Å². The van der Waals surface area contributed by atoms with Crippen LogP contribution in [0.1, 0.15) is 25.3 Å². The third-order valence-corrected chi connectivity index (χ3v) is 7.52. The molecule has 1 saturated carbocycles. The largest absolute Gasteiger partial charge is 0.356 e. The van der Waals surface area contributed by atoms with E-state index in [2.05, 4.69) is 26.0 Å². The zero-order chi connectivity index (χ0) is 17.4. The lowest BCUT2D eigenvalue weighted by atomic mass is 9.95. The van der Waals surface area contributed by atoms with Crippen LogP contribution in [0, 0.1) is 0 Å². The number of carbonyl (C=O) groups excluding carboxylic acids is 1. The van der Waals surface area contributed by atoms with Crippen molar-refractivity contribution < 1.29 is 13.2 Å². The van der Waals surface area contributed by atoms with Crippen LogP contribution in [0.15, 0.2) is 44.4 Å². The van der Waals surface area contributed by atoms with Crippen LogP contribution >= 0.6 is 27.3 Å². The summed E-state index contributed by atoms with van der Waals surface area (Å²) in [6.07, 6.45) is 1.65. The van der Waals surface area contributed by atoms with Gasteiger partial charge in [0.1, 0.15) is 4.21 Å². The van der Waals surface area contributed by atoms with Crippen molar-refractivity contribution in [2.24, 2.45) is 0 Å². The van der Waals surface area contributed by atoms with Crippen LogP contribution < -0.4 is 10.0 Å². The molecule has 3 rings (SSSR count). The van der Waals surface area contributed by atoms with Crippen LogP contribution in [0.3, 0.4) is 0 Å². The molecule has 1 heterocycles. The number of amides is 1. The summed E-state index contributed by atoms with van der Waals surface area (Å²) in [4.78, 5) is 12.2. The van der Waals surface area contributed by atoms with Crippen molar-refractivity contribution in [1.29, 1.82) is 0 Å². The van der Waals surface area contributed by atoms with Gasteiger partial charge in [0.15, 0.2) is 0 Å². The number of thiophene rings is 1. The molecule has 0 atom stereocenters. The predicted octanol–water partition coefficient (Wildman–Crippen LogP) is 3.48. The van der Waals surface area contributed by atoms with Gasteiger partial charge >= 0.3 is 0 Å². The van der Waals surface area contributed by atoms with Gasteiger partial charge in [-0.2, -0.15) is 0 Å². The second-order valence-electron chi connectivity index (χ2n) is 5.68. The Morgan fingerprint density at radius 2 is 1.88 bits per heavy atom. The van der Waals surface area contributed by atoms with Crippen molar-refractivity contribution in [2.45, 2.75) is 29.4 Å². The summed E-state index contributed by atoms with van der Waals surface area (Å²) in [5.74, 6) is 0.0433. The molecule has 1 aromatic carbocycles. The molecule has 1 aliphatic rings. The number of carbonyl (C=O) groups is 1. The van der Waals surface area contributed by atoms with Crippen LogP contribution in [-0.4, -0.2) is 20.9 Å². The third-order valence-electron chi connectivity index (χ3n) is 4.03. The Morgan fingerprint density at radius 1 is 1.21 bits per heavy atom. The third kappa shape index (κ3) is 3.36. The summed E-state index contributed by atoms with van der Waals surface area (Å²) < 4.78 is 28.2. The van der Waals surface area contributed by atoms with Crippen LogP contribution in [-0.2, 0) is 20.2 Å². The zero-order valence-electron chi connectivity index (χ0n) is 13.0. The van der Waals surface area contributed by atoms with E-state index in [0.717, 1.165) is 33.5 Å². The molecule has 1 aromatic heterocycles. The van der Waals surface area contributed by atoms with E-state index < -0.39 is 15.4 Å². The SMILES string of the molecule is CCNC(=O)C1(c2ccc(NS(=O)(=O)c3ccc(Br)s3)cc2)CC1. The summed E-state index contributed by atoms with van der Waals surface area (Å²) in [6.45, 7) is 2.50. The predicted molar refractivity (Wildman–Crippen MR) is 98.9 cm³/mol. The molecular formula is C16H17BrN2O3S2. The van der Waals surface area contributed by atoms with Crippen molar-refractivity contribution in [1.82, 2.24) is 5.32 Å². The molecule has 128 valence electrons. The van der Waals surface area contributed by atoms with Crippen LogP contribution in [0.25, 0.3) is 0 Å². The van der Waals surface area contributed by atoms with E-state index in [4.69, 9.17) is 0 Å². The first kappa shape index (κ1) is 17.4. The van der Waals surface area contributed by atoms with E-state index in [0.29, 0.717) is 12.2 Å². The maximum Gasteiger partial charge on any atom is 0.271 e. The van der Waals surface area contributed by atoms with Crippen molar-refractivity contribution in [3.05, 3.63) is 45.7 Å². The highest BCUT2D eigenvalue weighted by Crippen LogP contribution is 2.48. The van der Waals surface area contributed by atoms with Gasteiger partial charge in [0.05, 0.1) is 9.20 Å². The molecule has 1 fully saturated rings. The van der Waals surface area contributed by atoms with Gasteiger partial charge in [0.2, 0.25) is 5.91 Å². The van der Waals surface area contributed by atoms with Gasteiger partial charge in [-0.05, 0) is 65.5 Å². The molecule has 0 spiro atoms. The molecule has 5 nitrogen and oxygen atoms in total. The number of anilines is 1. The Morgan fingerprint density at radius 3 is 2.38 bits per heavy atom. The van der Waals surface area contributed by atoms with Crippen molar-refractivity contribution >= 4 is 48.9 Å². The summed E-state index contributed by atoms with van der Waals surface area (Å²) >= 11 is 4.42. The highest BCUT2D eigenvalue weighted by atomic mass is 79.9. The molecule has 0 saturated heterocycles. The quantitative estimate of drug-likeness (QED) is 0.739. The number of nitrogens with one attached hydrogen (secondary N) is 2. The normalized spacial score (nSPS) is 15.8. The molecule has 2 aromatic rings. The molecule has 2 N–H and O–H groups in total. The number of hydrogen-bond donors (Lipinski definition) is 2. The first-order valence-electron chi connectivity index (χ1n) is 7.54. The average molecular weight is 429 g/mol. The highest BCUT2D eigenvalue weighted by molar-refractivity contribution is 9.11. The van der Waals surface area contributed by atoms with Gasteiger partial charge in [0.25, 0.3) is 10.0 Å². The van der Waals surface area contributed by atoms with E-state index in [9.17, 15) is 13.2 Å². The first-order chi connectivity index (χ1) is 11.4. The molecule has 0 aliphatic heterocycles. The van der Waals surface area contributed by atoms with Gasteiger partial charge in [0, 0.05) is 12.2 Å². The molecule has 1 amide bonds. The molecular weight excluding hydrogens is 412 g/mol. The molecule has 1 aliphatic carbocycles. The maximum absolute atomic E-state index is 12.3. The number of benzene rings is 1. The Kier molecular flexibility index (Phi) is 4.72. The smallest absolute Gasteiger partial charge is 0.271 e. The van der Waals surface area contributed by atoms with Gasteiger partial charge in [-0.25, -0.2) is 8.42 Å². The fraction of sp³-hybridized carbons (Fsp3) is 0.312. The standard InChI is InChI=1S/C16H17BrN2O3S2/c1-2-18-15(20)16(9-10-16)11-3-5-12(6-4-11)19-24(21,22)14-8-7-13(17)23-14/h3-8,19H,2,9-10H2,1H3,(H,18,20). The summed E-state index contributed by atoms with van der Waals surface area (Å²) in [5, 5.41) is 2.87. The van der Waals surface area contributed by atoms with Crippen molar-refractivity contribution in [3.63, 3.8) is 0 Å². The zero-order valence-corrected chi connectivity index (χ0v) is 16.2. The molecule has 8 heteroatoms. The molecule has 0 radical (unpaired) electrons. The summed E-state index contributed by atoms with van der Waals surface area (Å²) in [7, 11) is -3.59. The minimum atomic E-state index is -3.59. The van der Waals surface area contributed by atoms with E-state index >= 15 is 0 Å². The lowest BCUT2D eigenvalue weighted by Crippen LogP contribution is -2.34. The molecule has 0 bridgehead atoms. The number of hydrogen-bond acceptors (Lipinski definition) is 4. The Bertz CT molecular complexity index is 856. The van der Waals surface area contributed by atoms with E-state index in [1.54, 1.807) is 24.3 Å². The van der Waals surface area contributed by atoms with Crippen molar-refractivity contribution in [2.75, 3.05) is 11.3 Å². The van der Waals surface area contributed by atoms with Crippen molar-refractivity contribution in [3.8, 4) is 0 Å². The van der Waals surface area contributed by atoms with Gasteiger partial charge < -0.3 is 5.32 Å². The number of halogens is 1. The number of sulfonamides is 1. The monoisotopic (exact) mass is 428 g/mol. The average Bonchev–Trinajstić information content (AvgIpc) is 3.23. The Balaban J connectivity index is 1.77. The summed E-state index contributed by atoms with van der Waals surface area (Å²) in [5.41, 5.74) is 0.969. The van der Waals surface area contributed by atoms with Gasteiger partial charge in [-0.3, -0.25) is 9.52 Å². The fourth-order valence-electron chi connectivity index (χ4n) is 2.61. The van der Waals surface area contributed by atoms with Crippen LogP contribution in [0.2, 0.25) is 0 Å². The topological polar surface area (TPSA) is 75.3 Å². The first-order valence-corrected chi connectivity index (χ1v) is 10.6. The Hall–Kier alpha value is -1.38. The van der Waals surface area contributed by atoms with Gasteiger partial charge in [-0.15, -0.1) is 11.3 Å². The van der Waals surface area contributed by atoms with Crippen LogP contribution in [0.5, 0.6) is 0 Å². The van der Waals surface area contributed by atoms with Gasteiger partial charge in [-0.1, -0.05) is 12.1 Å². The maximum atomic E-state index is 12.3. The van der Waals surface area contributed by atoms with E-state index in [1.165, 1.54) is 0 Å². The number of likely N-dealkylation sites (N-methyl/N-ethyl adjacent to an activating group) is 1. The van der Waals surface area contributed by atoms with E-state index in [-0.39, 0.29) is 10.1 Å². The fourth-order valence-corrected chi connectivity index (χ4v) is 5.67. The lowest BCUT2D eigenvalue weighted by molar-refractivity contribution is -0.123. The summed E-state index contributed by atoms with van der Waals surface area (Å²) in [6, 6.07) is 10.3. The second-order valence-corrected chi connectivity index (χ2v) is 10.1. The minimum absolute atomic E-state index is 0.0433.